The van der Waals surface area contributed by atoms with E-state index in [0.717, 1.165) is 19.3 Å². The number of azide groups is 1. The molecular weight excluding hydrogens is 450 g/mol. The maximum absolute atomic E-state index is 11.7. The molecule has 92 valence electrons. The fraction of sp³-hybridized carbons (Fsp3) is 0.556. The fourth-order valence-corrected chi connectivity index (χ4v) is 2.44. The van der Waals surface area contributed by atoms with Gasteiger partial charge in [-0.2, -0.15) is 0 Å². The maximum atomic E-state index is 11.7. The summed E-state index contributed by atoms with van der Waals surface area (Å²) in [6, 6.07) is 0. The van der Waals surface area contributed by atoms with E-state index >= 15 is 0 Å². The number of amides is 2. The van der Waals surface area contributed by atoms with Crippen LogP contribution in [-0.4, -0.2) is 29.8 Å². The number of imide groups is 1. The number of unbranched alkanes of at least 4 members (excludes halogenated alkanes) is 2. The van der Waals surface area contributed by atoms with Crippen molar-refractivity contribution in [2.24, 2.45) is 5.11 Å². The highest BCUT2D eigenvalue weighted by atomic mass is 127. The number of hydrogen-bond acceptors (Lipinski definition) is 3. The van der Waals surface area contributed by atoms with Crippen molar-refractivity contribution in [1.29, 1.82) is 0 Å². The van der Waals surface area contributed by atoms with Crippen molar-refractivity contribution in [3.05, 3.63) is 17.6 Å². The van der Waals surface area contributed by atoms with Gasteiger partial charge in [-0.25, -0.2) is 0 Å². The SMILES string of the molecule is [N-]=[N+]=NCCCCCN1C(=O)C(I)=C(I)C1=O. The normalized spacial score (nSPS) is 15.5. The van der Waals surface area contributed by atoms with E-state index in [1.54, 1.807) is 0 Å². The Balaban J connectivity index is 2.32. The van der Waals surface area contributed by atoms with Gasteiger partial charge in [-0.15, -0.1) is 0 Å². The largest absolute Gasteiger partial charge is 0.274 e. The first-order chi connectivity index (χ1) is 8.09. The van der Waals surface area contributed by atoms with Gasteiger partial charge in [-0.05, 0) is 63.6 Å². The van der Waals surface area contributed by atoms with Gasteiger partial charge in [0.2, 0.25) is 0 Å². The standard InChI is InChI=1S/C9H10I2N4O2/c10-6-7(11)9(17)15(8(6)16)5-3-1-2-4-13-14-12/h1-5H2. The van der Waals surface area contributed by atoms with Crippen molar-refractivity contribution in [2.45, 2.75) is 19.3 Å². The van der Waals surface area contributed by atoms with Crippen molar-refractivity contribution in [3.8, 4) is 0 Å². The molecule has 0 aliphatic carbocycles. The highest BCUT2D eigenvalue weighted by Gasteiger charge is 2.34. The number of rotatable bonds is 6. The Morgan fingerprint density at radius 3 is 2.24 bits per heavy atom. The molecule has 1 aliphatic heterocycles. The molecule has 1 heterocycles. The summed E-state index contributed by atoms with van der Waals surface area (Å²) in [5, 5.41) is 3.42. The Kier molecular flexibility index (Phi) is 6.20. The Morgan fingerprint density at radius 1 is 1.12 bits per heavy atom. The van der Waals surface area contributed by atoms with Crippen molar-refractivity contribution in [2.75, 3.05) is 13.1 Å². The summed E-state index contributed by atoms with van der Waals surface area (Å²) in [6.07, 6.45) is 2.36. The van der Waals surface area contributed by atoms with Gasteiger partial charge >= 0.3 is 0 Å². The lowest BCUT2D eigenvalue weighted by atomic mass is 10.2. The summed E-state index contributed by atoms with van der Waals surface area (Å²) in [4.78, 5) is 27.2. The van der Waals surface area contributed by atoms with Crippen LogP contribution in [0.15, 0.2) is 12.3 Å². The molecule has 2 amide bonds. The maximum Gasteiger partial charge on any atom is 0.268 e. The van der Waals surface area contributed by atoms with Crippen LogP contribution in [0.25, 0.3) is 10.4 Å². The second-order valence-corrected chi connectivity index (χ2v) is 5.56. The smallest absolute Gasteiger partial charge is 0.268 e. The lowest BCUT2D eigenvalue weighted by Gasteiger charge is -2.13. The molecule has 6 nitrogen and oxygen atoms in total. The second kappa shape index (κ2) is 7.17. The van der Waals surface area contributed by atoms with Crippen LogP contribution in [0.1, 0.15) is 19.3 Å². The third kappa shape index (κ3) is 3.81. The van der Waals surface area contributed by atoms with Crippen LogP contribution >= 0.6 is 45.2 Å². The van der Waals surface area contributed by atoms with Crippen LogP contribution in [-0.2, 0) is 9.59 Å². The lowest BCUT2D eigenvalue weighted by Crippen LogP contribution is -2.32. The van der Waals surface area contributed by atoms with Crippen molar-refractivity contribution >= 4 is 57.0 Å². The van der Waals surface area contributed by atoms with Crippen molar-refractivity contribution in [3.63, 3.8) is 0 Å². The molecule has 0 aromatic rings. The Labute approximate surface area is 126 Å². The molecule has 0 radical (unpaired) electrons. The van der Waals surface area contributed by atoms with E-state index in [0.29, 0.717) is 20.2 Å². The molecule has 0 saturated carbocycles. The van der Waals surface area contributed by atoms with Gasteiger partial charge in [0, 0.05) is 18.0 Å². The number of hydrogen-bond donors (Lipinski definition) is 0. The van der Waals surface area contributed by atoms with E-state index in [9.17, 15) is 9.59 Å². The van der Waals surface area contributed by atoms with Crippen LogP contribution in [0.4, 0.5) is 0 Å². The first-order valence-corrected chi connectivity index (χ1v) is 7.17. The number of carbonyl (C=O) groups is 2. The van der Waals surface area contributed by atoms with Crippen LogP contribution < -0.4 is 0 Å². The molecule has 8 heteroatoms. The summed E-state index contributed by atoms with van der Waals surface area (Å²) < 4.78 is 1.00. The number of halogens is 2. The monoisotopic (exact) mass is 460 g/mol. The third-order valence-corrected chi connectivity index (χ3v) is 5.30. The summed E-state index contributed by atoms with van der Waals surface area (Å²) >= 11 is 3.80. The lowest BCUT2D eigenvalue weighted by molar-refractivity contribution is -0.136. The van der Waals surface area contributed by atoms with E-state index < -0.39 is 0 Å². The first-order valence-electron chi connectivity index (χ1n) is 5.02. The third-order valence-electron chi connectivity index (χ3n) is 2.26. The van der Waals surface area contributed by atoms with Gasteiger partial charge in [0.15, 0.2) is 0 Å². The van der Waals surface area contributed by atoms with E-state index in [1.165, 1.54) is 4.90 Å². The van der Waals surface area contributed by atoms with Crippen molar-refractivity contribution < 1.29 is 9.59 Å². The average Bonchev–Trinajstić information content (AvgIpc) is 2.50. The van der Waals surface area contributed by atoms with Crippen LogP contribution in [0.3, 0.4) is 0 Å². The summed E-state index contributed by atoms with van der Waals surface area (Å²) in [5.74, 6) is -0.398. The Morgan fingerprint density at radius 2 is 1.71 bits per heavy atom. The summed E-state index contributed by atoms with van der Waals surface area (Å²) in [6.45, 7) is 0.901. The molecule has 0 fully saturated rings. The molecule has 0 N–H and O–H groups in total. The summed E-state index contributed by atoms with van der Waals surface area (Å²) in [5.41, 5.74) is 8.08. The highest BCUT2D eigenvalue weighted by molar-refractivity contribution is 14.1. The van der Waals surface area contributed by atoms with Gasteiger partial charge < -0.3 is 0 Å². The van der Waals surface area contributed by atoms with Crippen molar-refractivity contribution in [1.82, 2.24) is 4.90 Å². The molecular formula is C9H10I2N4O2. The topological polar surface area (TPSA) is 86.1 Å². The van der Waals surface area contributed by atoms with Gasteiger partial charge in [0.1, 0.15) is 0 Å². The van der Waals surface area contributed by atoms with Crippen LogP contribution in [0, 0.1) is 0 Å². The highest BCUT2D eigenvalue weighted by Crippen LogP contribution is 2.30. The first kappa shape index (κ1) is 14.7. The van der Waals surface area contributed by atoms with Crippen LogP contribution in [0.5, 0.6) is 0 Å². The van der Waals surface area contributed by atoms with E-state index in [2.05, 4.69) is 10.0 Å². The zero-order chi connectivity index (χ0) is 12.8. The molecule has 1 rings (SSSR count). The molecule has 1 aliphatic rings. The van der Waals surface area contributed by atoms with E-state index in [-0.39, 0.29) is 11.8 Å². The minimum Gasteiger partial charge on any atom is -0.274 e. The van der Waals surface area contributed by atoms with Gasteiger partial charge in [-0.1, -0.05) is 11.5 Å². The van der Waals surface area contributed by atoms with Gasteiger partial charge in [0.25, 0.3) is 11.8 Å². The summed E-state index contributed by atoms with van der Waals surface area (Å²) in [7, 11) is 0. The average molecular weight is 460 g/mol. The zero-order valence-electron chi connectivity index (χ0n) is 8.90. The van der Waals surface area contributed by atoms with Gasteiger partial charge in [-0.3, -0.25) is 14.5 Å². The minimum atomic E-state index is -0.199. The minimum absolute atomic E-state index is 0.199. The molecule has 0 saturated heterocycles. The molecule has 0 spiro atoms. The van der Waals surface area contributed by atoms with E-state index in [4.69, 9.17) is 5.53 Å². The number of nitrogens with zero attached hydrogens (tertiary/aromatic N) is 4. The Bertz CT molecular complexity index is 391. The molecule has 0 aromatic carbocycles. The molecule has 0 bridgehead atoms. The fourth-order valence-electron chi connectivity index (χ4n) is 1.39. The quantitative estimate of drug-likeness (QED) is 0.153. The van der Waals surface area contributed by atoms with Crippen LogP contribution in [0.2, 0.25) is 0 Å². The molecule has 0 unspecified atom stereocenters. The Hall–Kier alpha value is -0.350. The molecule has 0 aromatic heterocycles. The van der Waals surface area contributed by atoms with E-state index in [1.807, 2.05) is 45.2 Å². The predicted octanol–water partition coefficient (Wildman–Crippen LogP) is 2.92. The number of carbonyl (C=O) groups excluding carboxylic acids is 2. The second-order valence-electron chi connectivity index (χ2n) is 3.41. The molecule has 0 atom stereocenters. The molecule has 17 heavy (non-hydrogen) atoms. The van der Waals surface area contributed by atoms with Gasteiger partial charge in [0.05, 0.1) is 7.16 Å². The zero-order valence-corrected chi connectivity index (χ0v) is 13.2. The predicted molar refractivity (Wildman–Crippen MR) is 79.7 cm³/mol.